The van der Waals surface area contributed by atoms with Crippen LogP contribution in [0.15, 0.2) is 12.7 Å². The zero-order valence-electron chi connectivity index (χ0n) is 9.02. The predicted octanol–water partition coefficient (Wildman–Crippen LogP) is 0.0575. The van der Waals surface area contributed by atoms with Crippen LogP contribution in [0, 0.1) is 0 Å². The van der Waals surface area contributed by atoms with Gasteiger partial charge in [0.15, 0.2) is 0 Å². The van der Waals surface area contributed by atoms with Gasteiger partial charge in [-0.25, -0.2) is 4.79 Å². The third-order valence-corrected chi connectivity index (χ3v) is 2.29. The van der Waals surface area contributed by atoms with Gasteiger partial charge in [-0.15, -0.1) is 0 Å². The van der Waals surface area contributed by atoms with Gasteiger partial charge >= 0.3 is 12.1 Å². The van der Waals surface area contributed by atoms with Crippen LogP contribution in [-0.2, 0) is 9.53 Å². The first kappa shape index (κ1) is 12.5. The molecule has 1 fully saturated rings. The number of carboxylic acid groups (broad SMARTS) is 1. The average Bonchev–Trinajstić information content (AvgIpc) is 2.61. The first-order chi connectivity index (χ1) is 7.61. The van der Waals surface area contributed by atoms with Crippen LogP contribution >= 0.6 is 0 Å². The van der Waals surface area contributed by atoms with E-state index in [9.17, 15) is 9.59 Å². The highest BCUT2D eigenvalue weighted by atomic mass is 16.5. The van der Waals surface area contributed by atoms with Crippen LogP contribution in [0.3, 0.4) is 0 Å². The molecule has 0 aliphatic carbocycles. The SMILES string of the molecule is C=CCOC(=O)NC1CCN(CC(=O)O)C1. The van der Waals surface area contributed by atoms with E-state index in [1.807, 2.05) is 0 Å². The minimum Gasteiger partial charge on any atom is -0.480 e. The number of nitrogens with one attached hydrogen (secondary N) is 1. The van der Waals surface area contributed by atoms with E-state index in [0.29, 0.717) is 13.1 Å². The molecule has 0 saturated carbocycles. The van der Waals surface area contributed by atoms with Crippen molar-refractivity contribution in [1.82, 2.24) is 10.2 Å². The minimum atomic E-state index is -0.852. The maximum absolute atomic E-state index is 11.2. The smallest absolute Gasteiger partial charge is 0.407 e. The van der Waals surface area contributed by atoms with Crippen LogP contribution < -0.4 is 5.32 Å². The fraction of sp³-hybridized carbons (Fsp3) is 0.600. The molecule has 1 aliphatic heterocycles. The molecule has 0 bridgehead atoms. The number of aliphatic carboxylic acids is 1. The zero-order valence-corrected chi connectivity index (χ0v) is 9.02. The summed E-state index contributed by atoms with van der Waals surface area (Å²) in [5, 5.41) is 11.3. The van der Waals surface area contributed by atoms with E-state index in [1.165, 1.54) is 6.08 Å². The molecule has 1 saturated heterocycles. The Kier molecular flexibility index (Phi) is 4.78. The number of alkyl carbamates (subject to hydrolysis) is 1. The highest BCUT2D eigenvalue weighted by molar-refractivity contribution is 5.69. The number of rotatable bonds is 5. The lowest BCUT2D eigenvalue weighted by Crippen LogP contribution is -2.38. The van der Waals surface area contributed by atoms with Crippen molar-refractivity contribution >= 4 is 12.1 Å². The zero-order chi connectivity index (χ0) is 12.0. The van der Waals surface area contributed by atoms with Gasteiger partial charge in [-0.3, -0.25) is 9.69 Å². The summed E-state index contributed by atoms with van der Waals surface area (Å²) in [6.07, 6.45) is 1.75. The molecule has 2 N–H and O–H groups in total. The van der Waals surface area contributed by atoms with Crippen LogP contribution in [0.4, 0.5) is 4.79 Å². The Morgan fingerprint density at radius 2 is 2.38 bits per heavy atom. The molecule has 0 aromatic rings. The number of hydrogen-bond acceptors (Lipinski definition) is 4. The van der Waals surface area contributed by atoms with Crippen molar-refractivity contribution in [3.63, 3.8) is 0 Å². The Morgan fingerprint density at radius 3 is 3.00 bits per heavy atom. The minimum absolute atomic E-state index is 0.0138. The molecule has 1 unspecified atom stereocenters. The molecule has 6 heteroatoms. The van der Waals surface area contributed by atoms with Crippen LogP contribution in [0.2, 0.25) is 0 Å². The Bertz CT molecular complexity index is 280. The lowest BCUT2D eigenvalue weighted by Gasteiger charge is -2.14. The van der Waals surface area contributed by atoms with Crippen molar-refractivity contribution in [1.29, 1.82) is 0 Å². The van der Waals surface area contributed by atoms with Gasteiger partial charge in [-0.1, -0.05) is 12.7 Å². The summed E-state index contributed by atoms with van der Waals surface area (Å²) < 4.78 is 4.77. The molecule has 1 atom stereocenters. The number of amides is 1. The molecule has 16 heavy (non-hydrogen) atoms. The van der Waals surface area contributed by atoms with E-state index in [-0.39, 0.29) is 19.2 Å². The van der Waals surface area contributed by atoms with Crippen molar-refractivity contribution in [2.45, 2.75) is 12.5 Å². The third-order valence-electron chi connectivity index (χ3n) is 2.29. The van der Waals surface area contributed by atoms with Crippen molar-refractivity contribution in [3.05, 3.63) is 12.7 Å². The number of carbonyl (C=O) groups is 2. The van der Waals surface area contributed by atoms with Gasteiger partial charge in [0.25, 0.3) is 0 Å². The first-order valence-electron chi connectivity index (χ1n) is 5.10. The van der Waals surface area contributed by atoms with Crippen molar-refractivity contribution in [3.8, 4) is 0 Å². The van der Waals surface area contributed by atoms with E-state index in [4.69, 9.17) is 9.84 Å². The summed E-state index contributed by atoms with van der Waals surface area (Å²) in [4.78, 5) is 23.4. The molecule has 6 nitrogen and oxygen atoms in total. The van der Waals surface area contributed by atoms with Crippen LogP contribution in [0.25, 0.3) is 0 Å². The van der Waals surface area contributed by atoms with Crippen LogP contribution in [0.1, 0.15) is 6.42 Å². The fourth-order valence-electron chi connectivity index (χ4n) is 1.63. The number of nitrogens with zero attached hydrogens (tertiary/aromatic N) is 1. The van der Waals surface area contributed by atoms with Crippen LogP contribution in [-0.4, -0.2) is 54.4 Å². The average molecular weight is 228 g/mol. The van der Waals surface area contributed by atoms with Gasteiger partial charge in [-0.2, -0.15) is 0 Å². The molecule has 0 radical (unpaired) electrons. The maximum atomic E-state index is 11.2. The normalized spacial score (nSPS) is 20.4. The highest BCUT2D eigenvalue weighted by Crippen LogP contribution is 2.08. The van der Waals surface area contributed by atoms with Gasteiger partial charge in [0.1, 0.15) is 6.61 Å². The van der Waals surface area contributed by atoms with Crippen molar-refractivity contribution in [2.75, 3.05) is 26.2 Å². The maximum Gasteiger partial charge on any atom is 0.407 e. The summed E-state index contributed by atoms with van der Waals surface area (Å²) in [5.74, 6) is -0.852. The lowest BCUT2D eigenvalue weighted by molar-refractivity contribution is -0.138. The van der Waals surface area contributed by atoms with Gasteiger partial charge < -0.3 is 15.2 Å². The summed E-state index contributed by atoms with van der Waals surface area (Å²) in [5.41, 5.74) is 0. The number of carboxylic acids is 1. The predicted molar refractivity (Wildman–Crippen MR) is 57.2 cm³/mol. The molecule has 1 aliphatic rings. The van der Waals surface area contributed by atoms with Crippen molar-refractivity contribution in [2.24, 2.45) is 0 Å². The van der Waals surface area contributed by atoms with Gasteiger partial charge in [-0.05, 0) is 6.42 Å². The number of carbonyl (C=O) groups excluding carboxylic acids is 1. The van der Waals surface area contributed by atoms with Crippen molar-refractivity contribution < 1.29 is 19.4 Å². The molecule has 90 valence electrons. The van der Waals surface area contributed by atoms with Gasteiger partial charge in [0, 0.05) is 19.1 Å². The summed E-state index contributed by atoms with van der Waals surface area (Å²) in [6, 6.07) is -0.0309. The first-order valence-corrected chi connectivity index (χ1v) is 5.10. The molecule has 0 spiro atoms. The molecular formula is C10H16N2O4. The number of hydrogen-bond donors (Lipinski definition) is 2. The number of ether oxygens (including phenoxy) is 1. The summed E-state index contributed by atoms with van der Waals surface area (Å²) in [7, 11) is 0. The standard InChI is InChI=1S/C10H16N2O4/c1-2-5-16-10(15)11-8-3-4-12(6-8)7-9(13)14/h2,8H,1,3-7H2,(H,11,15)(H,13,14). The Balaban J connectivity index is 2.22. The third kappa shape index (κ3) is 4.31. The van der Waals surface area contributed by atoms with Crippen LogP contribution in [0.5, 0.6) is 0 Å². The molecule has 1 amide bonds. The molecular weight excluding hydrogens is 212 g/mol. The largest absolute Gasteiger partial charge is 0.480 e. The fourth-order valence-corrected chi connectivity index (χ4v) is 1.63. The summed E-state index contributed by atoms with van der Waals surface area (Å²) in [6.45, 7) is 4.85. The Hall–Kier alpha value is -1.56. The topological polar surface area (TPSA) is 78.9 Å². The molecule has 1 heterocycles. The number of likely N-dealkylation sites (tertiary alicyclic amines) is 1. The molecule has 0 aromatic heterocycles. The van der Waals surface area contributed by atoms with E-state index in [0.717, 1.165) is 6.42 Å². The Morgan fingerprint density at radius 1 is 1.62 bits per heavy atom. The monoisotopic (exact) mass is 228 g/mol. The van der Waals surface area contributed by atoms with Gasteiger partial charge in [0.2, 0.25) is 0 Å². The quantitative estimate of drug-likeness (QED) is 0.650. The van der Waals surface area contributed by atoms with Gasteiger partial charge in [0.05, 0.1) is 6.54 Å². The highest BCUT2D eigenvalue weighted by Gasteiger charge is 2.25. The lowest BCUT2D eigenvalue weighted by atomic mass is 10.3. The summed E-state index contributed by atoms with van der Waals surface area (Å²) >= 11 is 0. The van der Waals surface area contributed by atoms with E-state index in [2.05, 4.69) is 11.9 Å². The molecule has 0 aromatic carbocycles. The molecule has 1 rings (SSSR count). The second-order valence-electron chi connectivity index (χ2n) is 3.65. The van der Waals surface area contributed by atoms with E-state index >= 15 is 0 Å². The Labute approximate surface area is 93.9 Å². The van der Waals surface area contributed by atoms with E-state index < -0.39 is 12.1 Å². The second kappa shape index (κ2) is 6.12. The second-order valence-corrected chi connectivity index (χ2v) is 3.65. The van der Waals surface area contributed by atoms with E-state index in [1.54, 1.807) is 4.90 Å².